The number of benzene rings is 3. The number of hydrogen-bond acceptors (Lipinski definition) is 6. The Kier molecular flexibility index (Phi) is 12.3. The van der Waals surface area contributed by atoms with Crippen LogP contribution in [0.5, 0.6) is 5.75 Å². The van der Waals surface area contributed by atoms with E-state index in [-0.39, 0.29) is 37.4 Å². The summed E-state index contributed by atoms with van der Waals surface area (Å²) in [5.41, 5.74) is 8.44. The standard InChI is InChI=1S/C33H40N4O6/c1-21(2)17-27(31(40)37-29(33(42)43)20-23-11-7-4-8-12-23)36-32(41)28(19-24-13-15-25(38)16-14-24)35-30(39)26(34)18-22-9-5-3-6-10-22/h3-16,21,26-29,38H,17-20,34H2,1-2H3,(H,35,39)(H,36,41)(H,37,40)(H,42,43). The van der Waals surface area contributed by atoms with Crippen molar-refractivity contribution in [3.05, 3.63) is 102 Å². The molecular weight excluding hydrogens is 548 g/mol. The van der Waals surface area contributed by atoms with Crippen LogP contribution in [0.25, 0.3) is 0 Å². The number of nitrogens with one attached hydrogen (secondary N) is 3. The summed E-state index contributed by atoms with van der Waals surface area (Å²) in [7, 11) is 0. The molecule has 4 atom stereocenters. The molecule has 3 rings (SSSR count). The van der Waals surface area contributed by atoms with Crippen LogP contribution in [-0.2, 0) is 38.4 Å². The molecule has 228 valence electrons. The number of carbonyl (C=O) groups excluding carboxylic acids is 3. The van der Waals surface area contributed by atoms with Crippen LogP contribution in [-0.4, -0.2) is 58.1 Å². The van der Waals surface area contributed by atoms with Crippen molar-refractivity contribution in [2.75, 3.05) is 0 Å². The highest BCUT2D eigenvalue weighted by atomic mass is 16.4. The number of phenolic OH excluding ortho intramolecular Hbond substituents is 1. The molecule has 0 aliphatic heterocycles. The van der Waals surface area contributed by atoms with Crippen molar-refractivity contribution in [3.8, 4) is 5.75 Å². The van der Waals surface area contributed by atoms with Gasteiger partial charge < -0.3 is 31.9 Å². The van der Waals surface area contributed by atoms with E-state index in [1.165, 1.54) is 12.1 Å². The van der Waals surface area contributed by atoms with Crippen molar-refractivity contribution in [2.24, 2.45) is 11.7 Å². The van der Waals surface area contributed by atoms with Gasteiger partial charge >= 0.3 is 5.97 Å². The number of carboxylic acids is 1. The van der Waals surface area contributed by atoms with E-state index in [1.807, 2.05) is 50.2 Å². The van der Waals surface area contributed by atoms with Crippen LogP contribution >= 0.6 is 0 Å². The molecule has 0 aromatic heterocycles. The Morgan fingerprint density at radius 2 is 1.07 bits per heavy atom. The molecule has 0 aliphatic rings. The number of carbonyl (C=O) groups is 4. The molecule has 7 N–H and O–H groups in total. The first kappa shape index (κ1) is 32.8. The maximum atomic E-state index is 13.6. The predicted molar refractivity (Wildman–Crippen MR) is 163 cm³/mol. The lowest BCUT2D eigenvalue weighted by Gasteiger charge is -2.26. The molecule has 0 bridgehead atoms. The second-order valence-corrected chi connectivity index (χ2v) is 11.0. The van der Waals surface area contributed by atoms with E-state index < -0.39 is 47.9 Å². The zero-order valence-electron chi connectivity index (χ0n) is 24.4. The number of phenols is 1. The van der Waals surface area contributed by atoms with Crippen molar-refractivity contribution < 1.29 is 29.4 Å². The normalized spacial score (nSPS) is 13.8. The average molecular weight is 589 g/mol. The van der Waals surface area contributed by atoms with Gasteiger partial charge in [0.15, 0.2) is 0 Å². The second-order valence-electron chi connectivity index (χ2n) is 11.0. The predicted octanol–water partition coefficient (Wildman–Crippen LogP) is 2.33. The quantitative estimate of drug-likeness (QED) is 0.158. The molecule has 0 spiro atoms. The van der Waals surface area contributed by atoms with Crippen molar-refractivity contribution in [1.29, 1.82) is 0 Å². The highest BCUT2D eigenvalue weighted by Gasteiger charge is 2.31. The topological polar surface area (TPSA) is 171 Å². The van der Waals surface area contributed by atoms with Gasteiger partial charge in [-0.15, -0.1) is 0 Å². The van der Waals surface area contributed by atoms with Gasteiger partial charge in [-0.2, -0.15) is 0 Å². The summed E-state index contributed by atoms with van der Waals surface area (Å²) in [6, 6.07) is 20.1. The molecule has 43 heavy (non-hydrogen) atoms. The summed E-state index contributed by atoms with van der Waals surface area (Å²) in [6.07, 6.45) is 0.639. The van der Waals surface area contributed by atoms with Gasteiger partial charge in [0, 0.05) is 12.8 Å². The Morgan fingerprint density at radius 1 is 0.628 bits per heavy atom. The monoisotopic (exact) mass is 588 g/mol. The van der Waals surface area contributed by atoms with Gasteiger partial charge in [0.2, 0.25) is 17.7 Å². The highest BCUT2D eigenvalue weighted by Crippen LogP contribution is 2.13. The molecule has 4 unspecified atom stereocenters. The molecule has 0 radical (unpaired) electrons. The zero-order valence-corrected chi connectivity index (χ0v) is 24.4. The van der Waals surface area contributed by atoms with Crippen LogP contribution in [0.2, 0.25) is 0 Å². The lowest BCUT2D eigenvalue weighted by molar-refractivity contribution is -0.142. The number of aromatic hydroxyl groups is 1. The van der Waals surface area contributed by atoms with Gasteiger partial charge in [-0.25, -0.2) is 4.79 Å². The molecule has 0 fully saturated rings. The molecular formula is C33H40N4O6. The van der Waals surface area contributed by atoms with Crippen molar-refractivity contribution >= 4 is 23.7 Å². The number of carboxylic acid groups (broad SMARTS) is 1. The lowest BCUT2D eigenvalue weighted by atomic mass is 9.99. The summed E-state index contributed by atoms with van der Waals surface area (Å²) < 4.78 is 0. The van der Waals surface area contributed by atoms with Crippen molar-refractivity contribution in [1.82, 2.24) is 16.0 Å². The first-order valence-electron chi connectivity index (χ1n) is 14.3. The van der Waals surface area contributed by atoms with Gasteiger partial charge in [-0.3, -0.25) is 14.4 Å². The van der Waals surface area contributed by atoms with E-state index in [9.17, 15) is 29.4 Å². The van der Waals surface area contributed by atoms with Crippen LogP contribution in [0.1, 0.15) is 37.0 Å². The van der Waals surface area contributed by atoms with Crippen molar-refractivity contribution in [3.63, 3.8) is 0 Å². The largest absolute Gasteiger partial charge is 0.508 e. The molecule has 0 saturated carbocycles. The summed E-state index contributed by atoms with van der Waals surface area (Å²) in [6.45, 7) is 3.76. The first-order chi connectivity index (χ1) is 20.5. The summed E-state index contributed by atoms with van der Waals surface area (Å²) in [5.74, 6) is -2.96. The molecule has 0 heterocycles. The van der Waals surface area contributed by atoms with Crippen LogP contribution in [0.15, 0.2) is 84.9 Å². The van der Waals surface area contributed by atoms with Crippen LogP contribution < -0.4 is 21.7 Å². The Morgan fingerprint density at radius 3 is 1.60 bits per heavy atom. The van der Waals surface area contributed by atoms with Gasteiger partial charge in [-0.1, -0.05) is 86.6 Å². The Bertz CT molecular complexity index is 1350. The van der Waals surface area contributed by atoms with Crippen molar-refractivity contribution in [2.45, 2.75) is 63.7 Å². The number of aliphatic carboxylic acids is 1. The number of amides is 3. The molecule has 0 saturated heterocycles. The lowest BCUT2D eigenvalue weighted by Crippen LogP contribution is -2.58. The summed E-state index contributed by atoms with van der Waals surface area (Å²) in [4.78, 5) is 52.0. The van der Waals surface area contributed by atoms with E-state index in [0.29, 0.717) is 5.56 Å². The van der Waals surface area contributed by atoms with Crippen LogP contribution in [0.4, 0.5) is 0 Å². The third-order valence-electron chi connectivity index (χ3n) is 6.88. The highest BCUT2D eigenvalue weighted by molar-refractivity contribution is 5.94. The van der Waals surface area contributed by atoms with Gasteiger partial charge in [-0.05, 0) is 47.6 Å². The van der Waals surface area contributed by atoms with E-state index in [2.05, 4.69) is 16.0 Å². The smallest absolute Gasteiger partial charge is 0.326 e. The molecule has 10 nitrogen and oxygen atoms in total. The first-order valence-corrected chi connectivity index (χ1v) is 14.3. The van der Waals surface area contributed by atoms with Crippen LogP contribution in [0.3, 0.4) is 0 Å². The van der Waals surface area contributed by atoms with Gasteiger partial charge in [0.1, 0.15) is 23.9 Å². The maximum Gasteiger partial charge on any atom is 0.326 e. The fourth-order valence-corrected chi connectivity index (χ4v) is 4.61. The Balaban J connectivity index is 1.77. The average Bonchev–Trinajstić information content (AvgIpc) is 2.97. The van der Waals surface area contributed by atoms with Crippen LogP contribution in [0, 0.1) is 5.92 Å². The third kappa shape index (κ3) is 10.9. The fourth-order valence-electron chi connectivity index (χ4n) is 4.61. The SMILES string of the molecule is CC(C)CC(NC(=O)C(Cc1ccc(O)cc1)NC(=O)C(N)Cc1ccccc1)C(=O)NC(Cc1ccccc1)C(=O)O. The minimum atomic E-state index is -1.20. The number of rotatable bonds is 15. The minimum Gasteiger partial charge on any atom is -0.508 e. The van der Waals surface area contributed by atoms with Gasteiger partial charge in [0.05, 0.1) is 6.04 Å². The molecule has 10 heteroatoms. The second kappa shape index (κ2) is 16.1. The Hall–Kier alpha value is -4.70. The van der Waals surface area contributed by atoms with E-state index in [0.717, 1.165) is 11.1 Å². The maximum absolute atomic E-state index is 13.6. The Labute approximate surface area is 251 Å². The fraction of sp³-hybridized carbons (Fsp3) is 0.333. The van der Waals surface area contributed by atoms with E-state index in [4.69, 9.17) is 5.73 Å². The number of nitrogens with two attached hydrogens (primary N) is 1. The summed E-state index contributed by atoms with van der Waals surface area (Å²) >= 11 is 0. The zero-order chi connectivity index (χ0) is 31.4. The van der Waals surface area contributed by atoms with E-state index >= 15 is 0 Å². The third-order valence-corrected chi connectivity index (χ3v) is 6.88. The molecule has 3 aromatic rings. The number of hydrogen-bond donors (Lipinski definition) is 6. The minimum absolute atomic E-state index is 0.0158. The summed E-state index contributed by atoms with van der Waals surface area (Å²) in [5, 5.41) is 27.5. The molecule has 3 aromatic carbocycles. The van der Waals surface area contributed by atoms with Gasteiger partial charge in [0.25, 0.3) is 0 Å². The van der Waals surface area contributed by atoms with E-state index in [1.54, 1.807) is 36.4 Å². The molecule has 0 aliphatic carbocycles. The molecule has 3 amide bonds.